The predicted octanol–water partition coefficient (Wildman–Crippen LogP) is 11.7. The maximum atomic E-state index is 13.4. The summed E-state index contributed by atoms with van der Waals surface area (Å²) in [5.41, 5.74) is 13.4. The van der Waals surface area contributed by atoms with E-state index in [0.29, 0.717) is 24.8 Å². The monoisotopic (exact) mass is 942 g/mol. The number of halogens is 2. The number of ketones is 3. The van der Waals surface area contributed by atoms with E-state index >= 15 is 0 Å². The van der Waals surface area contributed by atoms with Crippen LogP contribution in [0.2, 0.25) is 0 Å². The maximum absolute atomic E-state index is 13.4. The lowest BCUT2D eigenvalue weighted by atomic mass is 9.75. The molecule has 354 valence electrons. The summed E-state index contributed by atoms with van der Waals surface area (Å²) in [7, 11) is 0. The number of carbonyl (C=O) groups is 3. The summed E-state index contributed by atoms with van der Waals surface area (Å²) in [6.45, 7) is 22.3. The van der Waals surface area contributed by atoms with Gasteiger partial charge in [-0.1, -0.05) is 120 Å². The van der Waals surface area contributed by atoms with Crippen LogP contribution in [0.15, 0.2) is 108 Å². The molecule has 0 radical (unpaired) electrons. The minimum absolute atomic E-state index is 0.00583. The van der Waals surface area contributed by atoms with Crippen molar-refractivity contribution in [1.29, 1.82) is 0 Å². The second-order valence-corrected chi connectivity index (χ2v) is 18.7. The highest BCUT2D eigenvalue weighted by molar-refractivity contribution is 7.51. The van der Waals surface area contributed by atoms with E-state index < -0.39 is 40.5 Å². The van der Waals surface area contributed by atoms with E-state index in [1.807, 2.05) is 36.5 Å². The third kappa shape index (κ3) is 18.4. The Labute approximate surface area is 397 Å². The zero-order chi connectivity index (χ0) is 49.8. The van der Waals surface area contributed by atoms with Crippen molar-refractivity contribution < 1.29 is 45.1 Å². The van der Waals surface area contributed by atoms with Crippen LogP contribution in [0.25, 0.3) is 0 Å². The Morgan fingerprint density at radius 3 is 1.15 bits per heavy atom. The van der Waals surface area contributed by atoms with Crippen LogP contribution in [0.5, 0.6) is 5.75 Å². The minimum Gasteiger partial charge on any atom is -0.508 e. The zero-order valence-corrected chi connectivity index (χ0v) is 41.5. The Kier molecular flexibility index (Phi) is 23.3. The van der Waals surface area contributed by atoms with Gasteiger partial charge in [0, 0.05) is 37.0 Å². The van der Waals surface area contributed by atoms with Gasteiger partial charge in [0.2, 0.25) is 0 Å². The summed E-state index contributed by atoms with van der Waals surface area (Å²) in [6, 6.07) is 10.7. The van der Waals surface area contributed by atoms with E-state index in [4.69, 9.17) is 21.9 Å². The maximum Gasteiger partial charge on any atom is 0.335 e. The number of phenolic OH excluding ortho intramolecular Hbond substituents is 1. The standard InChI is InChI=1S/C23H32O.C17H20O.C14H12F2O2.2O2S/c1-16-19(22(2,3)4)14-17(15-20(16)23(5,6)7)12-13-21(24)18-10-8-9-11-18;1-12-10-15(11-13(2)14(12)3)8-9-17(18)16-6-4-5-7-16;15-12-7-10(17)8-13(16)11(12)5-6-14(18)9-3-1-2-4-9;2*1-3-2/h8-10,14-15H,11-13H2,1-7H3;4-6,10-11H,7-9H2,1-3H3;1-3,7-8,17H,4-6H2;;. The van der Waals surface area contributed by atoms with Crippen LogP contribution in [0.1, 0.15) is 130 Å². The van der Waals surface area contributed by atoms with E-state index in [1.54, 1.807) is 12.2 Å². The molecule has 0 saturated heterocycles. The molecule has 3 aromatic carbocycles. The number of hydrogen-bond donors (Lipinski definition) is 1. The van der Waals surface area contributed by atoms with Gasteiger partial charge in [0.1, 0.15) is 17.4 Å². The lowest BCUT2D eigenvalue weighted by Crippen LogP contribution is -2.20. The number of aromatic hydroxyl groups is 1. The van der Waals surface area contributed by atoms with E-state index in [2.05, 4.69) is 99.6 Å². The molecule has 0 atom stereocenters. The average Bonchev–Trinajstić information content (AvgIpc) is 4.07. The van der Waals surface area contributed by atoms with Gasteiger partial charge in [-0.05, 0) is 138 Å². The first-order valence-corrected chi connectivity index (χ1v) is 23.2. The van der Waals surface area contributed by atoms with Crippen LogP contribution in [0.3, 0.4) is 0 Å². The number of allylic oxidation sites excluding steroid dienone is 12. The molecule has 0 fully saturated rings. The van der Waals surface area contributed by atoms with Gasteiger partial charge in [0.25, 0.3) is 0 Å². The van der Waals surface area contributed by atoms with E-state index in [1.165, 1.54) is 44.5 Å². The molecule has 3 aliphatic rings. The fraction of sp³-hybridized carbons (Fsp3) is 0.389. The topological polar surface area (TPSA) is 140 Å². The summed E-state index contributed by atoms with van der Waals surface area (Å²) in [6.07, 6.45) is 22.4. The van der Waals surface area contributed by atoms with Gasteiger partial charge in [0.15, 0.2) is 17.3 Å². The van der Waals surface area contributed by atoms with E-state index in [-0.39, 0.29) is 46.6 Å². The highest BCUT2D eigenvalue weighted by Gasteiger charge is 2.25. The van der Waals surface area contributed by atoms with Crippen molar-refractivity contribution in [3.05, 3.63) is 170 Å². The van der Waals surface area contributed by atoms with Gasteiger partial charge < -0.3 is 5.11 Å². The van der Waals surface area contributed by atoms with Gasteiger partial charge >= 0.3 is 23.1 Å². The zero-order valence-electron chi connectivity index (χ0n) is 39.9. The molecule has 0 spiro atoms. The molecule has 3 aliphatic carbocycles. The molecule has 0 unspecified atom stereocenters. The first-order valence-electron chi connectivity index (χ1n) is 21.9. The molecule has 66 heavy (non-hydrogen) atoms. The van der Waals surface area contributed by atoms with Gasteiger partial charge in [-0.25, -0.2) is 8.78 Å². The molecule has 12 heteroatoms. The van der Waals surface area contributed by atoms with Crippen LogP contribution in [-0.4, -0.2) is 39.3 Å². The summed E-state index contributed by atoms with van der Waals surface area (Å²) in [5, 5.41) is 9.00. The Morgan fingerprint density at radius 2 is 0.848 bits per heavy atom. The van der Waals surface area contributed by atoms with Crippen LogP contribution in [-0.2, 0) is 67.6 Å². The molecule has 1 N–H and O–H groups in total. The van der Waals surface area contributed by atoms with E-state index in [9.17, 15) is 23.2 Å². The van der Waals surface area contributed by atoms with Gasteiger partial charge in [-0.3, -0.25) is 14.4 Å². The van der Waals surface area contributed by atoms with Gasteiger partial charge in [0.05, 0.1) is 0 Å². The highest BCUT2D eigenvalue weighted by Crippen LogP contribution is 2.35. The Morgan fingerprint density at radius 1 is 0.530 bits per heavy atom. The van der Waals surface area contributed by atoms with Crippen molar-refractivity contribution in [3.8, 4) is 5.75 Å². The van der Waals surface area contributed by atoms with Crippen molar-refractivity contribution in [3.63, 3.8) is 0 Å². The first-order chi connectivity index (χ1) is 31.0. The molecule has 0 bridgehead atoms. The van der Waals surface area contributed by atoms with Crippen LogP contribution >= 0.6 is 0 Å². The number of hydrogen-bond acceptors (Lipinski definition) is 8. The second-order valence-electron chi connectivity index (χ2n) is 18.4. The number of benzene rings is 3. The summed E-state index contributed by atoms with van der Waals surface area (Å²) in [4.78, 5) is 36.0. The molecule has 0 aliphatic heterocycles. The van der Waals surface area contributed by atoms with E-state index in [0.717, 1.165) is 49.0 Å². The van der Waals surface area contributed by atoms with Gasteiger partial charge in [-0.2, -0.15) is 16.8 Å². The largest absolute Gasteiger partial charge is 0.508 e. The number of rotatable bonds is 12. The lowest BCUT2D eigenvalue weighted by Gasteiger charge is -2.30. The normalized spacial score (nSPS) is 13.3. The fourth-order valence-corrected chi connectivity index (χ4v) is 7.77. The average molecular weight is 943 g/mol. The Hall–Kier alpha value is -5.59. The molecule has 0 amide bonds. The molecule has 0 saturated carbocycles. The van der Waals surface area contributed by atoms with Crippen molar-refractivity contribution in [2.24, 2.45) is 0 Å². The fourth-order valence-electron chi connectivity index (χ4n) is 7.77. The molecule has 0 heterocycles. The minimum atomic E-state index is -0.821. The summed E-state index contributed by atoms with van der Waals surface area (Å²) >= 11 is -1.50. The first kappa shape index (κ1) is 56.5. The number of aryl methyl sites for hydroxylation is 4. The lowest BCUT2D eigenvalue weighted by molar-refractivity contribution is -0.116. The quantitative estimate of drug-likeness (QED) is 0.189. The molecular formula is C54H64F2O8S2. The predicted molar refractivity (Wildman–Crippen MR) is 261 cm³/mol. The highest BCUT2D eigenvalue weighted by atomic mass is 32.1. The Balaban J connectivity index is 0.000000324. The molecule has 0 aromatic heterocycles. The van der Waals surface area contributed by atoms with Crippen LogP contribution in [0.4, 0.5) is 8.78 Å². The van der Waals surface area contributed by atoms with Crippen molar-refractivity contribution in [1.82, 2.24) is 0 Å². The number of carbonyl (C=O) groups excluding carboxylic acids is 3. The molecule has 3 aromatic rings. The van der Waals surface area contributed by atoms with Crippen LogP contribution in [0, 0.1) is 39.3 Å². The molecular weight excluding hydrogens is 879 g/mol. The van der Waals surface area contributed by atoms with Crippen LogP contribution < -0.4 is 0 Å². The molecule has 6 rings (SSSR count). The smallest absolute Gasteiger partial charge is 0.335 e. The Bertz CT molecular complexity index is 2400. The number of phenols is 1. The van der Waals surface area contributed by atoms with Crippen molar-refractivity contribution >= 4 is 40.5 Å². The number of Topliss-reactive ketones (excluding diaryl/α,β-unsaturated/α-hetero) is 3. The van der Waals surface area contributed by atoms with Crippen molar-refractivity contribution in [2.45, 2.75) is 138 Å². The SMILES string of the molecule is Cc1c(C(C)(C)C)cc(CCC(=O)C2=CC=CC2)cc1C(C)(C)C.Cc1cc(CCC(=O)C2=CC=CC2)cc(C)c1C.O=C(CCc1c(F)cc(O)cc1F)C1=CC=CC1.O=S=O.O=S=O. The second kappa shape index (κ2) is 27.1. The summed E-state index contributed by atoms with van der Waals surface area (Å²) in [5.74, 6) is -1.63. The third-order valence-electron chi connectivity index (χ3n) is 11.5. The van der Waals surface area contributed by atoms with Gasteiger partial charge in [-0.15, -0.1) is 0 Å². The summed E-state index contributed by atoms with van der Waals surface area (Å²) < 4.78 is 60.0. The van der Waals surface area contributed by atoms with Crippen molar-refractivity contribution in [2.75, 3.05) is 0 Å². The molecule has 8 nitrogen and oxygen atoms in total. The third-order valence-corrected chi connectivity index (χ3v) is 11.5.